The smallest absolute Gasteiger partial charge is 0.326 e. The first-order chi connectivity index (χ1) is 20.9. The van der Waals surface area contributed by atoms with Gasteiger partial charge in [-0.15, -0.1) is 0 Å². The van der Waals surface area contributed by atoms with Crippen molar-refractivity contribution in [1.29, 1.82) is 0 Å². The fourth-order valence-electron chi connectivity index (χ4n) is 3.19. The Kier molecular flexibility index (Phi) is 18.2. The fraction of sp³-hybridized carbons (Fsp3) is 0.346. The van der Waals surface area contributed by atoms with Crippen LogP contribution in [0.25, 0.3) is 0 Å². The third kappa shape index (κ3) is 21.1. The zero-order valence-corrected chi connectivity index (χ0v) is 25.4. The Morgan fingerprint density at radius 2 is 1.56 bits per heavy atom. The highest BCUT2D eigenvalue weighted by Crippen LogP contribution is 2.12. The molecule has 0 saturated carbocycles. The molecule has 2 rings (SSSR count). The van der Waals surface area contributed by atoms with Crippen LogP contribution in [0, 0.1) is 10.1 Å². The number of aliphatic imine (C=N–C) groups is 1. The van der Waals surface area contributed by atoms with Gasteiger partial charge in [-0.2, -0.15) is 0 Å². The lowest BCUT2D eigenvalue weighted by Gasteiger charge is -2.18. The van der Waals surface area contributed by atoms with Crippen molar-refractivity contribution >= 4 is 51.1 Å². The van der Waals surface area contributed by atoms with Gasteiger partial charge in [0.1, 0.15) is 12.1 Å². The van der Waals surface area contributed by atoms with Crippen LogP contribution < -0.4 is 32.6 Å². The number of aliphatic carboxylic acids is 2. The number of carbonyl (C=O) groups excluding carboxylic acids is 2. The van der Waals surface area contributed by atoms with Crippen LogP contribution in [0.15, 0.2) is 59.6 Å². The van der Waals surface area contributed by atoms with E-state index < -0.39 is 57.3 Å². The molecule has 0 aliphatic rings. The highest BCUT2D eigenvalue weighted by Gasteiger charge is 2.24. The molecule has 19 heteroatoms. The number of nitrogens with two attached hydrogens (primary N) is 3. The standard InChI is InChI=1S/C18H28N6O6S.C6H6N2O2.C2H4O2/c1-31(29,30)24-14(10-12-6-3-2-4-7-12)16(26)22-11-15(25)23-13(17(27)28)8-5-9-21-18(19)20;7-5-1-3-6(4-2-5)8(9)10;1-2(3)4/h2-4,6-7,13-14,24H,5,8-11H2,1H3,(H,22,26)(H,23,25)(H,27,28)(H4,19,20,21);1-4H,7H2;1H3,(H,3,4)/t13-,14+;;/m0../s1. The molecule has 0 spiro atoms. The van der Waals surface area contributed by atoms with Gasteiger partial charge in [0, 0.05) is 31.3 Å². The number of carboxylic acids is 2. The van der Waals surface area contributed by atoms with Crippen molar-refractivity contribution < 1.29 is 42.7 Å². The predicted molar refractivity (Wildman–Crippen MR) is 165 cm³/mol. The zero-order chi connectivity index (χ0) is 34.6. The molecule has 0 bridgehead atoms. The Labute approximate surface area is 259 Å². The van der Waals surface area contributed by atoms with E-state index in [0.717, 1.165) is 18.7 Å². The van der Waals surface area contributed by atoms with Crippen LogP contribution in [0.2, 0.25) is 0 Å². The van der Waals surface area contributed by atoms with Crippen LogP contribution in [0.3, 0.4) is 0 Å². The van der Waals surface area contributed by atoms with Crippen molar-refractivity contribution in [2.24, 2.45) is 16.5 Å². The number of hydrogen-bond donors (Lipinski definition) is 8. The van der Waals surface area contributed by atoms with Gasteiger partial charge in [-0.25, -0.2) is 17.9 Å². The van der Waals surface area contributed by atoms with E-state index in [0.29, 0.717) is 12.1 Å². The van der Waals surface area contributed by atoms with Gasteiger partial charge in [0.05, 0.1) is 17.7 Å². The molecule has 0 heterocycles. The quantitative estimate of drug-likeness (QED) is 0.0308. The molecule has 2 amide bonds. The highest BCUT2D eigenvalue weighted by atomic mass is 32.2. The maximum Gasteiger partial charge on any atom is 0.326 e. The maximum absolute atomic E-state index is 12.5. The molecular formula is C26H38N8O10S. The van der Waals surface area contributed by atoms with Crippen molar-refractivity contribution in [2.75, 3.05) is 25.1 Å². The molecule has 0 saturated heterocycles. The fourth-order valence-corrected chi connectivity index (χ4v) is 3.90. The molecule has 0 aliphatic heterocycles. The largest absolute Gasteiger partial charge is 0.481 e. The molecule has 2 atom stereocenters. The molecule has 11 N–H and O–H groups in total. The Morgan fingerprint density at radius 3 is 2.02 bits per heavy atom. The van der Waals surface area contributed by atoms with E-state index in [9.17, 15) is 38.0 Å². The van der Waals surface area contributed by atoms with Crippen molar-refractivity contribution in [3.05, 3.63) is 70.3 Å². The second-order valence-electron chi connectivity index (χ2n) is 9.12. The maximum atomic E-state index is 12.5. The third-order valence-electron chi connectivity index (χ3n) is 5.06. The number of amides is 2. The normalized spacial score (nSPS) is 11.5. The molecule has 45 heavy (non-hydrogen) atoms. The SMILES string of the molecule is CC(=O)O.CS(=O)(=O)N[C@H](Cc1ccccc1)C(=O)NCC(=O)N[C@@H](CCCN=C(N)N)C(=O)O.Nc1ccc([N+](=O)[O-])cc1. The molecule has 0 unspecified atom stereocenters. The zero-order valence-electron chi connectivity index (χ0n) is 24.6. The Morgan fingerprint density at radius 1 is 1.00 bits per heavy atom. The number of nitro benzene ring substituents is 1. The number of hydrogen-bond acceptors (Lipinski definition) is 10. The summed E-state index contributed by atoms with van der Waals surface area (Å²) in [5.74, 6) is -3.65. The molecule has 0 radical (unpaired) electrons. The number of nitro groups is 1. The van der Waals surface area contributed by atoms with Gasteiger partial charge in [0.25, 0.3) is 11.7 Å². The van der Waals surface area contributed by atoms with Crippen molar-refractivity contribution in [2.45, 2.75) is 38.3 Å². The summed E-state index contributed by atoms with van der Waals surface area (Å²) in [6.07, 6.45) is 1.39. The minimum atomic E-state index is -3.69. The monoisotopic (exact) mass is 654 g/mol. The van der Waals surface area contributed by atoms with Gasteiger partial charge in [-0.05, 0) is 37.0 Å². The third-order valence-corrected chi connectivity index (χ3v) is 5.77. The number of nitrogens with zero attached hydrogens (tertiary/aromatic N) is 2. The molecule has 0 aromatic heterocycles. The van der Waals surface area contributed by atoms with Crippen molar-refractivity contribution in [3.63, 3.8) is 0 Å². The summed E-state index contributed by atoms with van der Waals surface area (Å²) in [5, 5.41) is 31.3. The number of guanidine groups is 1. The minimum absolute atomic E-state index is 0.0641. The van der Waals surface area contributed by atoms with E-state index in [1.807, 2.05) is 0 Å². The van der Waals surface area contributed by atoms with Gasteiger partial charge in [0.2, 0.25) is 21.8 Å². The number of carbonyl (C=O) groups is 4. The Bertz CT molecular complexity index is 1400. The van der Waals surface area contributed by atoms with E-state index in [1.54, 1.807) is 30.3 Å². The molecule has 0 aliphatic carbocycles. The lowest BCUT2D eigenvalue weighted by molar-refractivity contribution is -0.384. The first-order valence-corrected chi connectivity index (χ1v) is 14.9. The van der Waals surface area contributed by atoms with E-state index >= 15 is 0 Å². The number of nitrogen functional groups attached to an aromatic ring is 1. The summed E-state index contributed by atoms with van der Waals surface area (Å²) in [5.41, 5.74) is 17.0. The number of carboxylic acid groups (broad SMARTS) is 2. The topological polar surface area (TPSA) is 313 Å². The van der Waals surface area contributed by atoms with Crippen molar-refractivity contribution in [1.82, 2.24) is 15.4 Å². The van der Waals surface area contributed by atoms with Gasteiger partial charge in [0.15, 0.2) is 5.96 Å². The summed E-state index contributed by atoms with van der Waals surface area (Å²) >= 11 is 0. The minimum Gasteiger partial charge on any atom is -0.481 e. The average Bonchev–Trinajstić information content (AvgIpc) is 2.93. The van der Waals surface area contributed by atoms with Crippen LogP contribution in [0.1, 0.15) is 25.3 Å². The van der Waals surface area contributed by atoms with E-state index in [4.69, 9.17) is 27.1 Å². The van der Waals surface area contributed by atoms with Crippen LogP contribution in [0.4, 0.5) is 11.4 Å². The summed E-state index contributed by atoms with van der Waals surface area (Å²) in [4.78, 5) is 58.2. The van der Waals surface area contributed by atoms with Crippen LogP contribution >= 0.6 is 0 Å². The van der Waals surface area contributed by atoms with E-state index in [2.05, 4.69) is 20.3 Å². The lowest BCUT2D eigenvalue weighted by Crippen LogP contribution is -2.51. The van der Waals surface area contributed by atoms with Crippen LogP contribution in [-0.4, -0.2) is 84.7 Å². The average molecular weight is 655 g/mol. The summed E-state index contributed by atoms with van der Waals surface area (Å²) in [7, 11) is -3.69. The first-order valence-electron chi connectivity index (χ1n) is 13.0. The summed E-state index contributed by atoms with van der Waals surface area (Å²) in [6, 6.07) is 12.2. The Balaban J connectivity index is 0.00000113. The highest BCUT2D eigenvalue weighted by molar-refractivity contribution is 7.88. The van der Waals surface area contributed by atoms with Crippen LogP contribution in [0.5, 0.6) is 0 Å². The molecule has 2 aromatic carbocycles. The van der Waals surface area contributed by atoms with Gasteiger partial charge in [-0.3, -0.25) is 29.5 Å². The molecule has 248 valence electrons. The summed E-state index contributed by atoms with van der Waals surface area (Å²) < 4.78 is 25.4. The second kappa shape index (κ2) is 20.6. The number of anilines is 1. The number of non-ortho nitro benzene ring substituents is 1. The van der Waals surface area contributed by atoms with Crippen LogP contribution in [-0.2, 0) is 35.6 Å². The first kappa shape index (κ1) is 39.7. The van der Waals surface area contributed by atoms with E-state index in [1.165, 1.54) is 24.3 Å². The molecule has 0 fully saturated rings. The molecule has 18 nitrogen and oxygen atoms in total. The molecular weight excluding hydrogens is 616 g/mol. The molecule has 2 aromatic rings. The number of nitrogens with one attached hydrogen (secondary N) is 3. The predicted octanol–water partition coefficient (Wildman–Crippen LogP) is -0.846. The lowest BCUT2D eigenvalue weighted by atomic mass is 10.1. The number of rotatable bonds is 14. The van der Waals surface area contributed by atoms with Gasteiger partial charge >= 0.3 is 5.97 Å². The Hall–Kier alpha value is -5.30. The van der Waals surface area contributed by atoms with Gasteiger partial charge in [-0.1, -0.05) is 30.3 Å². The van der Waals surface area contributed by atoms with E-state index in [-0.39, 0.29) is 31.0 Å². The number of benzene rings is 2. The van der Waals surface area contributed by atoms with Crippen molar-refractivity contribution in [3.8, 4) is 0 Å². The van der Waals surface area contributed by atoms with Gasteiger partial charge < -0.3 is 38.0 Å². The summed E-state index contributed by atoms with van der Waals surface area (Å²) in [6.45, 7) is 0.768. The number of sulfonamides is 1. The second-order valence-corrected chi connectivity index (χ2v) is 10.9.